The predicted molar refractivity (Wildman–Crippen MR) is 86.1 cm³/mol. The number of hydrogen-bond donors (Lipinski definition) is 1. The molecular formula is C17H24N2O3. The van der Waals surface area contributed by atoms with Crippen molar-refractivity contribution in [3.63, 3.8) is 0 Å². The van der Waals surface area contributed by atoms with E-state index in [-0.39, 0.29) is 0 Å². The van der Waals surface area contributed by atoms with E-state index in [2.05, 4.69) is 10.2 Å². The van der Waals surface area contributed by atoms with Crippen LogP contribution in [-0.4, -0.2) is 31.1 Å². The van der Waals surface area contributed by atoms with Crippen molar-refractivity contribution in [2.75, 3.05) is 18.0 Å². The Hall–Kier alpha value is -2.04. The maximum Gasteiger partial charge on any atom is 0.408 e. The summed E-state index contributed by atoms with van der Waals surface area (Å²) in [6.07, 6.45) is 2.47. The Labute approximate surface area is 131 Å². The Bertz CT molecular complexity index is 531. The maximum atomic E-state index is 11.9. The van der Waals surface area contributed by atoms with Gasteiger partial charge in [0.15, 0.2) is 0 Å². The van der Waals surface area contributed by atoms with E-state index in [1.54, 1.807) is 20.8 Å². The van der Waals surface area contributed by atoms with Crippen molar-refractivity contribution in [1.82, 2.24) is 5.32 Å². The lowest BCUT2D eigenvalue weighted by Crippen LogP contribution is -2.36. The van der Waals surface area contributed by atoms with E-state index in [0.717, 1.165) is 43.5 Å². The third kappa shape index (κ3) is 4.23. The van der Waals surface area contributed by atoms with Crippen molar-refractivity contribution in [3.8, 4) is 0 Å². The molecule has 1 aromatic rings. The first-order valence-corrected chi connectivity index (χ1v) is 7.69. The molecule has 1 aromatic carbocycles. The Kier molecular flexibility index (Phi) is 5.06. The molecule has 5 heteroatoms. The first-order chi connectivity index (χ1) is 10.4. The number of para-hydroxylation sites is 1. The molecule has 1 saturated heterocycles. The number of benzene rings is 1. The van der Waals surface area contributed by atoms with E-state index in [0.29, 0.717) is 0 Å². The van der Waals surface area contributed by atoms with E-state index in [1.165, 1.54) is 0 Å². The van der Waals surface area contributed by atoms with E-state index in [4.69, 9.17) is 4.74 Å². The largest absolute Gasteiger partial charge is 0.444 e. The quantitative estimate of drug-likeness (QED) is 0.869. The average Bonchev–Trinajstić information content (AvgIpc) is 2.97. The van der Waals surface area contributed by atoms with Crippen LogP contribution in [0.5, 0.6) is 0 Å². The zero-order valence-electron chi connectivity index (χ0n) is 13.5. The molecule has 1 fully saturated rings. The minimum Gasteiger partial charge on any atom is -0.444 e. The molecule has 1 N–H and O–H groups in total. The summed E-state index contributed by atoms with van der Waals surface area (Å²) in [6, 6.07) is 7.00. The van der Waals surface area contributed by atoms with Crippen LogP contribution in [0.2, 0.25) is 0 Å². The molecule has 120 valence electrons. The molecule has 1 aliphatic rings. The Balaban J connectivity index is 2.17. The van der Waals surface area contributed by atoms with Gasteiger partial charge in [-0.2, -0.15) is 0 Å². The molecule has 1 aliphatic heterocycles. The molecule has 22 heavy (non-hydrogen) atoms. The van der Waals surface area contributed by atoms with Crippen molar-refractivity contribution in [1.29, 1.82) is 0 Å². The van der Waals surface area contributed by atoms with Gasteiger partial charge in [-0.1, -0.05) is 18.2 Å². The van der Waals surface area contributed by atoms with Gasteiger partial charge >= 0.3 is 6.09 Å². The fourth-order valence-electron chi connectivity index (χ4n) is 2.62. The molecule has 0 aromatic heterocycles. The standard InChI is InChI=1S/C17H24N2O3/c1-17(2,3)22-16(21)18-14(12-20)13-8-4-5-9-15(13)19-10-6-7-11-19/h4-5,8-9,12,14H,6-7,10-11H2,1-3H3,(H,18,21). The highest BCUT2D eigenvalue weighted by molar-refractivity contribution is 5.77. The number of nitrogens with zero attached hydrogens (tertiary/aromatic N) is 1. The summed E-state index contributed by atoms with van der Waals surface area (Å²) in [6.45, 7) is 7.34. The van der Waals surface area contributed by atoms with E-state index < -0.39 is 17.7 Å². The lowest BCUT2D eigenvalue weighted by molar-refractivity contribution is -0.109. The molecule has 1 heterocycles. The van der Waals surface area contributed by atoms with Gasteiger partial charge in [-0.05, 0) is 39.7 Å². The molecule has 1 unspecified atom stereocenters. The summed E-state index contributed by atoms with van der Waals surface area (Å²) in [5.74, 6) is 0. The van der Waals surface area contributed by atoms with E-state index in [9.17, 15) is 9.59 Å². The number of amides is 1. The van der Waals surface area contributed by atoms with Crippen LogP contribution in [-0.2, 0) is 9.53 Å². The minimum atomic E-state index is -0.702. The van der Waals surface area contributed by atoms with Crippen LogP contribution in [0.25, 0.3) is 0 Å². The first-order valence-electron chi connectivity index (χ1n) is 7.69. The van der Waals surface area contributed by atoms with Crippen LogP contribution < -0.4 is 10.2 Å². The average molecular weight is 304 g/mol. The van der Waals surface area contributed by atoms with Gasteiger partial charge in [0.05, 0.1) is 0 Å². The smallest absolute Gasteiger partial charge is 0.408 e. The SMILES string of the molecule is CC(C)(C)OC(=O)NC(C=O)c1ccccc1N1CCCC1. The van der Waals surface area contributed by atoms with Crippen molar-refractivity contribution in [2.45, 2.75) is 45.3 Å². The van der Waals surface area contributed by atoms with Crippen LogP contribution in [0.3, 0.4) is 0 Å². The number of aldehydes is 1. The molecule has 0 radical (unpaired) electrons. The number of carbonyl (C=O) groups excluding carboxylic acids is 2. The highest BCUT2D eigenvalue weighted by Crippen LogP contribution is 2.28. The third-order valence-corrected chi connectivity index (χ3v) is 3.53. The Morgan fingerprint density at radius 2 is 1.91 bits per heavy atom. The van der Waals surface area contributed by atoms with Gasteiger partial charge in [0.25, 0.3) is 0 Å². The molecular weight excluding hydrogens is 280 g/mol. The van der Waals surface area contributed by atoms with Crippen molar-refractivity contribution >= 4 is 18.1 Å². The highest BCUT2D eigenvalue weighted by atomic mass is 16.6. The lowest BCUT2D eigenvalue weighted by Gasteiger charge is -2.25. The van der Waals surface area contributed by atoms with Crippen molar-refractivity contribution < 1.29 is 14.3 Å². The molecule has 5 nitrogen and oxygen atoms in total. The van der Waals surface area contributed by atoms with Gasteiger partial charge in [-0.3, -0.25) is 0 Å². The summed E-state index contributed by atoms with van der Waals surface area (Å²) in [5.41, 5.74) is 1.23. The monoisotopic (exact) mass is 304 g/mol. The van der Waals surface area contributed by atoms with Gasteiger partial charge in [0.2, 0.25) is 0 Å². The predicted octanol–water partition coefficient (Wildman–Crippen LogP) is 3.05. The summed E-state index contributed by atoms with van der Waals surface area (Å²) >= 11 is 0. The number of anilines is 1. The van der Waals surface area contributed by atoms with Gasteiger partial charge in [0.1, 0.15) is 17.9 Å². The number of carbonyl (C=O) groups is 2. The van der Waals surface area contributed by atoms with E-state index in [1.807, 2.05) is 24.3 Å². The highest BCUT2D eigenvalue weighted by Gasteiger charge is 2.24. The summed E-state index contributed by atoms with van der Waals surface area (Å²) in [4.78, 5) is 25.7. The van der Waals surface area contributed by atoms with Crippen LogP contribution >= 0.6 is 0 Å². The zero-order chi connectivity index (χ0) is 16.2. The summed E-state index contributed by atoms with van der Waals surface area (Å²) < 4.78 is 5.23. The van der Waals surface area contributed by atoms with Gasteiger partial charge in [-0.25, -0.2) is 4.79 Å². The third-order valence-electron chi connectivity index (χ3n) is 3.53. The van der Waals surface area contributed by atoms with Crippen molar-refractivity contribution in [2.24, 2.45) is 0 Å². The zero-order valence-corrected chi connectivity index (χ0v) is 13.5. The second-order valence-corrected chi connectivity index (χ2v) is 6.51. The summed E-state index contributed by atoms with van der Waals surface area (Å²) in [7, 11) is 0. The fourth-order valence-corrected chi connectivity index (χ4v) is 2.62. The lowest BCUT2D eigenvalue weighted by atomic mass is 10.0. The minimum absolute atomic E-state index is 0.583. The Morgan fingerprint density at radius 3 is 2.50 bits per heavy atom. The van der Waals surface area contributed by atoms with Gasteiger partial charge in [-0.15, -0.1) is 0 Å². The number of ether oxygens (including phenoxy) is 1. The molecule has 1 atom stereocenters. The Morgan fingerprint density at radius 1 is 1.27 bits per heavy atom. The number of alkyl carbamates (subject to hydrolysis) is 1. The topological polar surface area (TPSA) is 58.6 Å². The van der Waals surface area contributed by atoms with Crippen molar-refractivity contribution in [3.05, 3.63) is 29.8 Å². The molecule has 0 aliphatic carbocycles. The van der Waals surface area contributed by atoms with E-state index >= 15 is 0 Å². The second-order valence-electron chi connectivity index (χ2n) is 6.51. The fraction of sp³-hybridized carbons (Fsp3) is 0.529. The normalized spacial score (nSPS) is 16.2. The van der Waals surface area contributed by atoms with Crippen LogP contribution in [0, 0.1) is 0 Å². The van der Waals surface area contributed by atoms with Crippen LogP contribution in [0.15, 0.2) is 24.3 Å². The summed E-state index contributed by atoms with van der Waals surface area (Å²) in [5, 5.41) is 2.65. The second kappa shape index (κ2) is 6.81. The molecule has 2 rings (SSSR count). The molecule has 0 bridgehead atoms. The molecule has 0 spiro atoms. The maximum absolute atomic E-state index is 11.9. The molecule has 0 saturated carbocycles. The van der Waals surface area contributed by atoms with Gasteiger partial charge < -0.3 is 19.7 Å². The first kappa shape index (κ1) is 16.3. The van der Waals surface area contributed by atoms with Gasteiger partial charge in [0, 0.05) is 24.3 Å². The number of rotatable bonds is 4. The van der Waals surface area contributed by atoms with Crippen LogP contribution in [0.1, 0.15) is 45.2 Å². The molecule has 1 amide bonds. The number of nitrogens with one attached hydrogen (secondary N) is 1. The number of hydrogen-bond acceptors (Lipinski definition) is 4. The van der Waals surface area contributed by atoms with Crippen LogP contribution in [0.4, 0.5) is 10.5 Å².